The first-order valence-electron chi connectivity index (χ1n) is 11.3. The van der Waals surface area contributed by atoms with Crippen molar-refractivity contribution in [3.63, 3.8) is 0 Å². The third kappa shape index (κ3) is 3.59. The summed E-state index contributed by atoms with van der Waals surface area (Å²) in [5, 5.41) is 10.5. The lowest BCUT2D eigenvalue weighted by Gasteiger charge is -2.37. The third-order valence-electron chi connectivity index (χ3n) is 6.98. The highest BCUT2D eigenvalue weighted by Crippen LogP contribution is 2.44. The van der Waals surface area contributed by atoms with Crippen LogP contribution in [0.1, 0.15) is 35.4 Å². The number of carbonyl (C=O) groups excluding carboxylic acids is 1. The Balaban J connectivity index is 1.49. The van der Waals surface area contributed by atoms with Crippen LogP contribution in [0.3, 0.4) is 0 Å². The van der Waals surface area contributed by atoms with Crippen molar-refractivity contribution in [1.29, 1.82) is 0 Å². The van der Waals surface area contributed by atoms with Crippen molar-refractivity contribution >= 4 is 34.0 Å². The van der Waals surface area contributed by atoms with E-state index in [4.69, 9.17) is 12.3 Å². The number of hydrogen-bond donors (Lipinski definition) is 2. The summed E-state index contributed by atoms with van der Waals surface area (Å²) in [5.41, 5.74) is 8.18. The molecule has 0 spiro atoms. The van der Waals surface area contributed by atoms with Gasteiger partial charge in [-0.3, -0.25) is 4.79 Å². The van der Waals surface area contributed by atoms with Crippen LogP contribution in [0.15, 0.2) is 36.4 Å². The highest BCUT2D eigenvalue weighted by Gasteiger charge is 2.43. The lowest BCUT2D eigenvalue weighted by molar-refractivity contribution is 0.0580. The second-order valence-electron chi connectivity index (χ2n) is 9.10. The molecule has 4 heterocycles. The fourth-order valence-corrected chi connectivity index (χ4v) is 6.53. The van der Waals surface area contributed by atoms with E-state index in [1.54, 1.807) is 18.2 Å². The summed E-state index contributed by atoms with van der Waals surface area (Å²) in [6.07, 6.45) is 3.40. The summed E-state index contributed by atoms with van der Waals surface area (Å²) in [6.45, 7) is 7.12. The summed E-state index contributed by atoms with van der Waals surface area (Å²) < 4.78 is 29.7. The average molecular weight is 491 g/mol. The van der Waals surface area contributed by atoms with Crippen molar-refractivity contribution in [2.24, 2.45) is 5.73 Å². The lowest BCUT2D eigenvalue weighted by atomic mass is 9.97. The Kier molecular flexibility index (Phi) is 5.12. The van der Waals surface area contributed by atoms with Gasteiger partial charge >= 0.3 is 0 Å². The Bertz CT molecular complexity index is 1510. The Labute approximate surface area is 203 Å². The van der Waals surface area contributed by atoms with Gasteiger partial charge in [0.05, 0.1) is 11.4 Å². The molecule has 0 radical (unpaired) electrons. The Morgan fingerprint density at radius 3 is 2.46 bits per heavy atom. The topological polar surface area (TPSA) is 92.3 Å². The number of nitrogens with two attached hydrogens (primary N) is 1. The predicted octanol–water partition coefficient (Wildman–Crippen LogP) is 5.28. The fourth-order valence-electron chi connectivity index (χ4n) is 5.39. The molecule has 176 valence electrons. The number of piperidine rings is 1. The number of nitrogens with one attached hydrogen (secondary N) is 1. The number of H-pyrrole nitrogens is 1. The molecule has 2 saturated heterocycles. The number of halogens is 2. The number of amides is 1. The van der Waals surface area contributed by atoms with E-state index in [1.165, 1.54) is 29.5 Å². The quantitative estimate of drug-likeness (QED) is 0.383. The number of aromatic amines is 1. The van der Waals surface area contributed by atoms with Gasteiger partial charge in [-0.15, -0.1) is 11.3 Å². The molecule has 2 aromatic carbocycles. The molecule has 0 aliphatic carbocycles. The Morgan fingerprint density at radius 2 is 1.77 bits per heavy atom. The van der Waals surface area contributed by atoms with Crippen molar-refractivity contribution in [1.82, 2.24) is 20.3 Å². The van der Waals surface area contributed by atoms with Crippen LogP contribution < -0.4 is 5.73 Å². The summed E-state index contributed by atoms with van der Waals surface area (Å²) in [7, 11) is 0. The van der Waals surface area contributed by atoms with Gasteiger partial charge in [-0.1, -0.05) is 12.1 Å². The normalized spacial score (nSPS) is 21.4. The van der Waals surface area contributed by atoms with Crippen molar-refractivity contribution in [2.45, 2.75) is 43.8 Å². The first-order valence-corrected chi connectivity index (χ1v) is 12.1. The maximum absolute atomic E-state index is 15.2. The number of thiophene rings is 1. The molecule has 2 aliphatic rings. The van der Waals surface area contributed by atoms with E-state index < -0.39 is 11.6 Å². The van der Waals surface area contributed by atoms with Gasteiger partial charge in [-0.25, -0.2) is 13.6 Å². The number of nitrogens with zero attached hydrogens (tertiary/aromatic N) is 4. The minimum Gasteiger partial charge on any atom is -0.332 e. The van der Waals surface area contributed by atoms with Crippen LogP contribution in [0.5, 0.6) is 0 Å². The van der Waals surface area contributed by atoms with Crippen molar-refractivity contribution in [2.75, 3.05) is 0 Å². The smallest absolute Gasteiger partial charge is 0.264 e. The van der Waals surface area contributed by atoms with Gasteiger partial charge in [-0.05, 0) is 49.4 Å². The van der Waals surface area contributed by atoms with E-state index in [9.17, 15) is 9.18 Å². The molecule has 1 amide bonds. The summed E-state index contributed by atoms with van der Waals surface area (Å²) in [6, 6.07) is 9.12. The molecule has 7 nitrogen and oxygen atoms in total. The van der Waals surface area contributed by atoms with Gasteiger partial charge in [0, 0.05) is 40.2 Å². The minimum absolute atomic E-state index is 0.0956. The molecular weight excluding hydrogens is 470 g/mol. The average Bonchev–Trinajstić information content (AvgIpc) is 3.54. The van der Waals surface area contributed by atoms with Gasteiger partial charge in [0.25, 0.3) is 5.91 Å². The first-order chi connectivity index (χ1) is 16.9. The number of carbonyl (C=O) groups is 1. The van der Waals surface area contributed by atoms with Gasteiger partial charge in [0.15, 0.2) is 0 Å². The molecule has 2 aromatic heterocycles. The SMILES string of the molecule is [C-]#[N+]c1ccc(-c2cc(C(=O)N3C4CCC3CC(N)C4)sc2-c2cc3n[nH]nc3cc2F)cc1F. The van der Waals surface area contributed by atoms with Crippen LogP contribution in [0.2, 0.25) is 0 Å². The van der Waals surface area contributed by atoms with Gasteiger partial charge in [0.2, 0.25) is 5.69 Å². The van der Waals surface area contributed by atoms with Gasteiger partial charge in [0.1, 0.15) is 22.7 Å². The summed E-state index contributed by atoms with van der Waals surface area (Å²) >= 11 is 1.18. The third-order valence-corrected chi connectivity index (χ3v) is 8.13. The zero-order chi connectivity index (χ0) is 24.3. The number of rotatable bonds is 3. The molecule has 2 bridgehead atoms. The zero-order valence-corrected chi connectivity index (χ0v) is 19.3. The van der Waals surface area contributed by atoms with E-state index >= 15 is 4.39 Å². The molecule has 2 fully saturated rings. The van der Waals surface area contributed by atoms with Crippen molar-refractivity contribution in [3.8, 4) is 21.6 Å². The molecule has 10 heteroatoms. The van der Waals surface area contributed by atoms with Crippen molar-refractivity contribution in [3.05, 3.63) is 64.3 Å². The second kappa shape index (κ2) is 8.22. The van der Waals surface area contributed by atoms with Crippen LogP contribution in [0.4, 0.5) is 14.5 Å². The number of hydrogen-bond acceptors (Lipinski definition) is 5. The standard InChI is InChI=1S/C25H20F2N6OS/c1-29-20-5-2-12(6-19(20)27)16-10-23(25(34)33-14-3-4-15(33)8-13(28)7-14)35-24(16)17-9-21-22(11-18(17)26)31-32-30-21/h2,5-6,9-11,13-15H,3-4,7-8,28H2,(H,30,31,32). The van der Waals surface area contributed by atoms with Crippen LogP contribution in [0, 0.1) is 18.2 Å². The van der Waals surface area contributed by atoms with Crippen LogP contribution >= 0.6 is 11.3 Å². The molecule has 35 heavy (non-hydrogen) atoms. The molecule has 6 rings (SSSR count). The number of benzene rings is 2. The minimum atomic E-state index is -0.669. The molecule has 4 aromatic rings. The van der Waals surface area contributed by atoms with Crippen LogP contribution in [-0.2, 0) is 0 Å². The van der Waals surface area contributed by atoms with E-state index in [-0.39, 0.29) is 35.3 Å². The van der Waals surface area contributed by atoms with Crippen LogP contribution in [-0.4, -0.2) is 44.3 Å². The second-order valence-corrected chi connectivity index (χ2v) is 10.2. The highest BCUT2D eigenvalue weighted by atomic mass is 32.1. The molecular formula is C25H20F2N6OS. The number of aromatic nitrogens is 3. The molecule has 2 aliphatic heterocycles. The Hall–Kier alpha value is -3.68. The van der Waals surface area contributed by atoms with Crippen LogP contribution in [0.25, 0.3) is 37.4 Å². The first kappa shape index (κ1) is 21.8. The summed E-state index contributed by atoms with van der Waals surface area (Å²) in [5.74, 6) is -1.29. The lowest BCUT2D eigenvalue weighted by Crippen LogP contribution is -2.49. The molecule has 0 saturated carbocycles. The van der Waals surface area contributed by atoms with E-state index in [2.05, 4.69) is 20.3 Å². The zero-order valence-electron chi connectivity index (χ0n) is 18.5. The molecule has 2 unspecified atom stereocenters. The van der Waals surface area contributed by atoms with E-state index in [1.807, 2.05) is 4.90 Å². The molecule has 3 N–H and O–H groups in total. The maximum Gasteiger partial charge on any atom is 0.264 e. The highest BCUT2D eigenvalue weighted by molar-refractivity contribution is 7.18. The van der Waals surface area contributed by atoms with E-state index in [0.717, 1.165) is 25.7 Å². The summed E-state index contributed by atoms with van der Waals surface area (Å²) in [4.78, 5) is 19.7. The fraction of sp³-hybridized carbons (Fsp3) is 0.280. The maximum atomic E-state index is 15.2. The van der Waals surface area contributed by atoms with Gasteiger partial charge in [-0.2, -0.15) is 15.4 Å². The Morgan fingerprint density at radius 1 is 1.06 bits per heavy atom. The molecule has 2 atom stereocenters. The van der Waals surface area contributed by atoms with E-state index in [0.29, 0.717) is 31.9 Å². The largest absolute Gasteiger partial charge is 0.332 e. The van der Waals surface area contributed by atoms with Crippen molar-refractivity contribution < 1.29 is 13.6 Å². The van der Waals surface area contributed by atoms with Gasteiger partial charge < -0.3 is 10.6 Å². The predicted molar refractivity (Wildman–Crippen MR) is 129 cm³/mol. The number of fused-ring (bicyclic) bond motifs is 3. The monoisotopic (exact) mass is 490 g/mol.